The Hall–Kier alpha value is -2.61. The first-order chi connectivity index (χ1) is 9.86. The minimum absolute atomic E-state index is 0.264. The molecule has 0 fully saturated rings. The summed E-state index contributed by atoms with van der Waals surface area (Å²) < 4.78 is 4.74. The number of hydrogen-bond donors (Lipinski definition) is 0. The molecule has 0 amide bonds. The van der Waals surface area contributed by atoms with Gasteiger partial charge in [0.1, 0.15) is 6.61 Å². The fraction of sp³-hybridized carbons (Fsp3) is 0.0556. The summed E-state index contributed by atoms with van der Waals surface area (Å²) in [6.07, 6.45) is 0. The first-order valence-electron chi connectivity index (χ1n) is 6.52. The maximum atomic E-state index is 10.2. The van der Waals surface area contributed by atoms with E-state index >= 15 is 0 Å². The van der Waals surface area contributed by atoms with E-state index in [-0.39, 0.29) is 6.61 Å². The third-order valence-electron chi connectivity index (χ3n) is 3.82. The Kier molecular flexibility index (Phi) is 2.36. The summed E-state index contributed by atoms with van der Waals surface area (Å²) in [5.74, 6) is 0. The highest BCUT2D eigenvalue weighted by Crippen LogP contribution is 2.35. The summed E-state index contributed by atoms with van der Waals surface area (Å²) in [6.45, 7) is 1.74. The summed E-state index contributed by atoms with van der Waals surface area (Å²) in [4.78, 5) is 10.2. The molecular weight excluding hydrogens is 248 g/mol. The summed E-state index contributed by atoms with van der Waals surface area (Å²) in [5, 5.41) is 7.44. The van der Waals surface area contributed by atoms with Crippen molar-refractivity contribution in [3.8, 4) is 0 Å². The standard InChI is InChI=1S/C18H11O2/c19-11-20-10-12-8-15-6-4-13-2-1-3-14-5-7-16(9-12)18(15)17(13)14/h1-9H,10H2. The number of benzene rings is 4. The van der Waals surface area contributed by atoms with Gasteiger partial charge in [0, 0.05) is 0 Å². The molecule has 2 heteroatoms. The molecule has 0 aliphatic rings. The maximum Gasteiger partial charge on any atom is 0.417 e. The zero-order valence-electron chi connectivity index (χ0n) is 10.7. The van der Waals surface area contributed by atoms with Gasteiger partial charge >= 0.3 is 6.47 Å². The van der Waals surface area contributed by atoms with Crippen LogP contribution in [-0.2, 0) is 16.1 Å². The molecule has 0 saturated carbocycles. The van der Waals surface area contributed by atoms with E-state index in [1.54, 1.807) is 0 Å². The van der Waals surface area contributed by atoms with Gasteiger partial charge in [-0.05, 0) is 50.0 Å². The molecule has 0 N–H and O–H groups in total. The molecule has 0 spiro atoms. The summed E-state index contributed by atoms with van der Waals surface area (Å²) in [7, 11) is 0. The molecule has 0 atom stereocenters. The molecule has 0 aliphatic heterocycles. The van der Waals surface area contributed by atoms with Crippen LogP contribution in [0.25, 0.3) is 32.3 Å². The first-order valence-corrected chi connectivity index (χ1v) is 6.52. The van der Waals surface area contributed by atoms with E-state index in [1.807, 2.05) is 0 Å². The minimum Gasteiger partial charge on any atom is -0.452 e. The van der Waals surface area contributed by atoms with Gasteiger partial charge in [-0.15, -0.1) is 0 Å². The van der Waals surface area contributed by atoms with Crippen LogP contribution in [0.2, 0.25) is 0 Å². The van der Waals surface area contributed by atoms with Gasteiger partial charge in [0.05, 0.1) is 0 Å². The first kappa shape index (κ1) is 11.2. The van der Waals surface area contributed by atoms with Crippen LogP contribution < -0.4 is 0 Å². The van der Waals surface area contributed by atoms with E-state index in [0.717, 1.165) is 5.56 Å². The lowest BCUT2D eigenvalue weighted by Gasteiger charge is -2.12. The molecule has 0 aromatic heterocycles. The number of rotatable bonds is 3. The van der Waals surface area contributed by atoms with Crippen LogP contribution in [0.3, 0.4) is 0 Å². The molecule has 4 rings (SSSR count). The summed E-state index contributed by atoms with van der Waals surface area (Å²) >= 11 is 0. The third-order valence-corrected chi connectivity index (χ3v) is 3.82. The molecular formula is C18H11O2. The fourth-order valence-electron chi connectivity index (χ4n) is 3.01. The highest BCUT2D eigenvalue weighted by Gasteiger charge is 2.08. The summed E-state index contributed by atoms with van der Waals surface area (Å²) in [6, 6.07) is 19.0. The van der Waals surface area contributed by atoms with Gasteiger partial charge in [0.25, 0.3) is 0 Å². The van der Waals surface area contributed by atoms with E-state index in [2.05, 4.69) is 54.6 Å². The van der Waals surface area contributed by atoms with E-state index in [9.17, 15) is 4.79 Å². The Morgan fingerprint density at radius 1 is 0.800 bits per heavy atom. The zero-order chi connectivity index (χ0) is 13.5. The van der Waals surface area contributed by atoms with E-state index in [0.29, 0.717) is 0 Å². The molecule has 95 valence electrons. The van der Waals surface area contributed by atoms with Crippen molar-refractivity contribution in [3.63, 3.8) is 0 Å². The second-order valence-electron chi connectivity index (χ2n) is 5.00. The number of hydrogen-bond acceptors (Lipinski definition) is 2. The van der Waals surface area contributed by atoms with Gasteiger partial charge < -0.3 is 4.74 Å². The van der Waals surface area contributed by atoms with Gasteiger partial charge in [0.2, 0.25) is 0 Å². The van der Waals surface area contributed by atoms with E-state index in [1.165, 1.54) is 38.8 Å². The van der Waals surface area contributed by atoms with Crippen molar-refractivity contribution in [2.45, 2.75) is 6.61 Å². The lowest BCUT2D eigenvalue weighted by Crippen LogP contribution is -1.91. The normalized spacial score (nSPS) is 11.4. The quantitative estimate of drug-likeness (QED) is 0.516. The van der Waals surface area contributed by atoms with Crippen LogP contribution in [0.5, 0.6) is 0 Å². The van der Waals surface area contributed by atoms with Gasteiger partial charge in [-0.2, -0.15) is 0 Å². The Morgan fingerprint density at radius 3 is 1.95 bits per heavy atom. The van der Waals surface area contributed by atoms with Crippen molar-refractivity contribution in [2.75, 3.05) is 0 Å². The second kappa shape index (κ2) is 4.20. The van der Waals surface area contributed by atoms with Crippen LogP contribution in [0.15, 0.2) is 54.6 Å². The van der Waals surface area contributed by atoms with Gasteiger partial charge in [0.15, 0.2) is 0 Å². The smallest absolute Gasteiger partial charge is 0.417 e. The number of carbonyl (C=O) groups excluding carboxylic acids is 1. The monoisotopic (exact) mass is 259 g/mol. The Balaban J connectivity index is 2.11. The van der Waals surface area contributed by atoms with Gasteiger partial charge in [-0.1, -0.05) is 42.5 Å². The van der Waals surface area contributed by atoms with E-state index < -0.39 is 0 Å². The maximum absolute atomic E-state index is 10.2. The molecule has 20 heavy (non-hydrogen) atoms. The average Bonchev–Trinajstić information content (AvgIpc) is 2.50. The molecule has 1 radical (unpaired) electrons. The van der Waals surface area contributed by atoms with Crippen molar-refractivity contribution >= 4 is 38.8 Å². The Morgan fingerprint density at radius 2 is 1.35 bits per heavy atom. The van der Waals surface area contributed by atoms with E-state index in [4.69, 9.17) is 4.74 Å². The van der Waals surface area contributed by atoms with Crippen LogP contribution in [0.1, 0.15) is 5.56 Å². The van der Waals surface area contributed by atoms with Crippen LogP contribution in [0.4, 0.5) is 0 Å². The molecule has 4 aromatic rings. The predicted octanol–water partition coefficient (Wildman–Crippen LogP) is 4.17. The third kappa shape index (κ3) is 1.55. The lowest BCUT2D eigenvalue weighted by atomic mass is 9.93. The van der Waals surface area contributed by atoms with Crippen molar-refractivity contribution < 1.29 is 9.53 Å². The molecule has 0 bridgehead atoms. The summed E-state index contributed by atoms with van der Waals surface area (Å²) in [5.41, 5.74) is 0.985. The van der Waals surface area contributed by atoms with Crippen LogP contribution in [0, 0.1) is 0 Å². The predicted molar refractivity (Wildman–Crippen MR) is 80.6 cm³/mol. The van der Waals surface area contributed by atoms with Crippen molar-refractivity contribution in [2.24, 2.45) is 0 Å². The zero-order valence-corrected chi connectivity index (χ0v) is 10.7. The molecule has 0 unspecified atom stereocenters. The molecule has 2 nitrogen and oxygen atoms in total. The van der Waals surface area contributed by atoms with Crippen molar-refractivity contribution in [1.82, 2.24) is 0 Å². The lowest BCUT2D eigenvalue weighted by molar-refractivity contribution is 0.267. The molecule has 0 saturated heterocycles. The highest BCUT2D eigenvalue weighted by atomic mass is 16.5. The largest absolute Gasteiger partial charge is 0.452 e. The highest BCUT2D eigenvalue weighted by molar-refractivity contribution is 6.23. The Labute approximate surface area is 115 Å². The second-order valence-corrected chi connectivity index (χ2v) is 5.00. The van der Waals surface area contributed by atoms with Gasteiger partial charge in [-0.3, -0.25) is 0 Å². The number of ether oxygens (including phenoxy) is 1. The topological polar surface area (TPSA) is 26.3 Å². The van der Waals surface area contributed by atoms with Gasteiger partial charge in [-0.25, -0.2) is 4.79 Å². The van der Waals surface area contributed by atoms with Crippen LogP contribution >= 0.6 is 0 Å². The van der Waals surface area contributed by atoms with Crippen LogP contribution in [-0.4, -0.2) is 6.47 Å². The molecule has 4 aromatic carbocycles. The fourth-order valence-corrected chi connectivity index (χ4v) is 3.01. The van der Waals surface area contributed by atoms with Crippen molar-refractivity contribution in [3.05, 3.63) is 60.2 Å². The minimum atomic E-state index is 0.264. The molecule has 0 aliphatic carbocycles. The molecule has 0 heterocycles. The van der Waals surface area contributed by atoms with Crippen molar-refractivity contribution in [1.29, 1.82) is 0 Å². The SMILES string of the molecule is O=[C]OCc1cc2ccc3cccc4ccc(c1)c2c34. The average molecular weight is 259 g/mol. The Bertz CT molecular complexity index is 861.